The number of carboxylic acids is 2. The third kappa shape index (κ3) is 4.60. The number of hydrogen-bond acceptors (Lipinski definition) is 4. The quantitative estimate of drug-likeness (QED) is 0.652. The first-order valence-electron chi connectivity index (χ1n) is 10.4. The molecule has 6 nitrogen and oxygen atoms in total. The van der Waals surface area contributed by atoms with E-state index < -0.39 is 11.9 Å². The van der Waals surface area contributed by atoms with E-state index in [1.54, 1.807) is 0 Å². The average Bonchev–Trinajstić information content (AvgIpc) is 3.00. The molecule has 0 spiro atoms. The lowest BCUT2D eigenvalue weighted by Gasteiger charge is -2.49. The van der Waals surface area contributed by atoms with Gasteiger partial charge in [-0.25, -0.2) is 9.59 Å². The minimum absolute atomic E-state index is 0.114. The smallest absolute Gasteiger partial charge is 0.328 e. The van der Waals surface area contributed by atoms with Crippen molar-refractivity contribution in [2.45, 2.75) is 45.6 Å². The number of rotatable bonds is 7. The van der Waals surface area contributed by atoms with Crippen LogP contribution in [0.5, 0.6) is 0 Å². The molecule has 3 atom stereocenters. The van der Waals surface area contributed by atoms with Gasteiger partial charge in [0.1, 0.15) is 0 Å². The Balaban J connectivity index is 0.000000343. The Kier molecular flexibility index (Phi) is 7.48. The summed E-state index contributed by atoms with van der Waals surface area (Å²) in [4.78, 5) is 21.3. The summed E-state index contributed by atoms with van der Waals surface area (Å²) in [7, 11) is 4.23. The van der Waals surface area contributed by atoms with E-state index in [4.69, 9.17) is 14.9 Å². The van der Waals surface area contributed by atoms with Crippen molar-refractivity contribution < 1.29 is 24.5 Å². The minimum Gasteiger partial charge on any atom is -0.478 e. The van der Waals surface area contributed by atoms with Crippen LogP contribution in [0.15, 0.2) is 42.5 Å². The second-order valence-electron chi connectivity index (χ2n) is 9.35. The van der Waals surface area contributed by atoms with Crippen molar-refractivity contribution in [3.63, 3.8) is 0 Å². The average molecular weight is 418 g/mol. The summed E-state index contributed by atoms with van der Waals surface area (Å²) in [6.45, 7) is 9.19. The Morgan fingerprint density at radius 3 is 2.07 bits per heavy atom. The number of carbonyl (C=O) groups is 2. The zero-order valence-corrected chi connectivity index (χ0v) is 18.7. The maximum absolute atomic E-state index is 9.55. The SMILES string of the molecule is CN(C)CCO[C@@]1(c2ccccc2)C[C@@H]2CC[C@@]1(C)C2(C)C.O=C(O)/C=C/C(=O)O. The summed E-state index contributed by atoms with van der Waals surface area (Å²) in [5, 5.41) is 15.6. The van der Waals surface area contributed by atoms with Gasteiger partial charge < -0.3 is 19.8 Å². The van der Waals surface area contributed by atoms with Crippen molar-refractivity contribution in [3.05, 3.63) is 48.0 Å². The second kappa shape index (κ2) is 9.31. The van der Waals surface area contributed by atoms with Crippen LogP contribution in [-0.4, -0.2) is 54.3 Å². The molecular weight excluding hydrogens is 382 g/mol. The number of hydrogen-bond donors (Lipinski definition) is 2. The highest BCUT2D eigenvalue weighted by Gasteiger charge is 2.69. The van der Waals surface area contributed by atoms with E-state index in [1.807, 2.05) is 0 Å². The van der Waals surface area contributed by atoms with Gasteiger partial charge in [0.05, 0.1) is 12.2 Å². The first-order valence-corrected chi connectivity index (χ1v) is 10.4. The number of nitrogens with zero attached hydrogens (tertiary/aromatic N) is 1. The molecule has 0 aromatic heterocycles. The monoisotopic (exact) mass is 417 g/mol. The van der Waals surface area contributed by atoms with Crippen molar-refractivity contribution in [2.24, 2.45) is 16.7 Å². The van der Waals surface area contributed by atoms with Crippen LogP contribution in [-0.2, 0) is 19.9 Å². The minimum atomic E-state index is -1.26. The second-order valence-corrected chi connectivity index (χ2v) is 9.35. The van der Waals surface area contributed by atoms with Crippen LogP contribution in [0.4, 0.5) is 0 Å². The van der Waals surface area contributed by atoms with E-state index in [2.05, 4.69) is 70.1 Å². The van der Waals surface area contributed by atoms with Crippen molar-refractivity contribution in [1.29, 1.82) is 0 Å². The van der Waals surface area contributed by atoms with E-state index in [0.717, 1.165) is 19.1 Å². The summed E-state index contributed by atoms with van der Waals surface area (Å²) < 4.78 is 6.72. The molecule has 0 radical (unpaired) electrons. The van der Waals surface area contributed by atoms with Gasteiger partial charge >= 0.3 is 11.9 Å². The molecule has 6 heteroatoms. The highest BCUT2D eigenvalue weighted by molar-refractivity contribution is 5.89. The normalized spacial score (nSPS) is 29.1. The van der Waals surface area contributed by atoms with Crippen LogP contribution >= 0.6 is 0 Å². The van der Waals surface area contributed by atoms with E-state index in [9.17, 15) is 9.59 Å². The lowest BCUT2D eigenvalue weighted by atomic mass is 9.62. The molecule has 2 aliphatic carbocycles. The van der Waals surface area contributed by atoms with Crippen molar-refractivity contribution >= 4 is 11.9 Å². The largest absolute Gasteiger partial charge is 0.478 e. The molecule has 2 fully saturated rings. The van der Waals surface area contributed by atoms with Crippen LogP contribution in [0.2, 0.25) is 0 Å². The highest BCUT2D eigenvalue weighted by atomic mass is 16.5. The van der Waals surface area contributed by atoms with Gasteiger partial charge in [-0.15, -0.1) is 0 Å². The molecule has 166 valence electrons. The molecule has 2 aliphatic rings. The van der Waals surface area contributed by atoms with Crippen LogP contribution < -0.4 is 0 Å². The summed E-state index contributed by atoms with van der Waals surface area (Å²) in [6.07, 6.45) is 4.93. The fraction of sp³-hybridized carbons (Fsp3) is 0.583. The van der Waals surface area contributed by atoms with Crippen LogP contribution in [0.25, 0.3) is 0 Å². The van der Waals surface area contributed by atoms with Crippen LogP contribution in [0.3, 0.4) is 0 Å². The maximum Gasteiger partial charge on any atom is 0.328 e. The predicted octanol–water partition coefficient (Wildman–Crippen LogP) is 4.02. The first-order chi connectivity index (χ1) is 14.0. The summed E-state index contributed by atoms with van der Waals surface area (Å²) in [5.74, 6) is -1.74. The number of likely N-dealkylation sites (N-methyl/N-ethyl adjacent to an activating group) is 1. The van der Waals surface area contributed by atoms with Crippen molar-refractivity contribution in [3.8, 4) is 0 Å². The van der Waals surface area contributed by atoms with E-state index in [0.29, 0.717) is 17.6 Å². The van der Waals surface area contributed by atoms with Gasteiger partial charge in [-0.1, -0.05) is 51.1 Å². The number of carboxylic acid groups (broad SMARTS) is 2. The van der Waals surface area contributed by atoms with E-state index in [-0.39, 0.29) is 11.0 Å². The Morgan fingerprint density at radius 1 is 1.10 bits per heavy atom. The zero-order valence-electron chi connectivity index (χ0n) is 18.7. The van der Waals surface area contributed by atoms with Crippen molar-refractivity contribution in [1.82, 2.24) is 4.90 Å². The van der Waals surface area contributed by atoms with Crippen molar-refractivity contribution in [2.75, 3.05) is 27.2 Å². The molecule has 0 aliphatic heterocycles. The molecule has 0 amide bonds. The Morgan fingerprint density at radius 2 is 1.67 bits per heavy atom. The Bertz CT molecular complexity index is 757. The Labute approximate surface area is 179 Å². The van der Waals surface area contributed by atoms with E-state index in [1.165, 1.54) is 24.8 Å². The van der Waals surface area contributed by atoms with Gasteiger partial charge in [0.2, 0.25) is 0 Å². The molecule has 2 saturated carbocycles. The first kappa shape index (κ1) is 24.1. The van der Waals surface area contributed by atoms with Gasteiger partial charge in [0, 0.05) is 24.1 Å². The van der Waals surface area contributed by atoms with Crippen LogP contribution in [0.1, 0.15) is 45.6 Å². The van der Waals surface area contributed by atoms with Gasteiger partial charge in [0.25, 0.3) is 0 Å². The third-order valence-corrected chi connectivity index (χ3v) is 7.36. The lowest BCUT2D eigenvalue weighted by molar-refractivity contribution is -0.148. The fourth-order valence-corrected chi connectivity index (χ4v) is 5.24. The third-order valence-electron chi connectivity index (χ3n) is 7.36. The molecule has 30 heavy (non-hydrogen) atoms. The molecule has 1 aromatic carbocycles. The molecule has 2 N–H and O–H groups in total. The standard InChI is InChI=1S/C20H31NO.C4H4O4/c1-18(2)17-11-12-19(18,3)20(15-17,22-14-13-21(4)5)16-9-7-6-8-10-16;5-3(6)1-2-4(7)8/h6-10,17H,11-15H2,1-5H3;1-2H,(H,5,6)(H,7,8)/b;2-1+/t17-,19-,20+;/m0./s1. The topological polar surface area (TPSA) is 87.1 Å². The molecule has 0 unspecified atom stereocenters. The summed E-state index contributed by atoms with van der Waals surface area (Å²) in [5.41, 5.74) is 1.84. The molecule has 3 rings (SSSR count). The van der Waals surface area contributed by atoms with Crippen LogP contribution in [0, 0.1) is 16.7 Å². The molecule has 1 aromatic rings. The molecule has 0 saturated heterocycles. The predicted molar refractivity (Wildman–Crippen MR) is 116 cm³/mol. The zero-order chi connectivity index (χ0) is 22.6. The molecule has 2 bridgehead atoms. The van der Waals surface area contributed by atoms with Gasteiger partial charge in [-0.05, 0) is 50.3 Å². The maximum atomic E-state index is 9.55. The fourth-order valence-electron chi connectivity index (χ4n) is 5.24. The summed E-state index contributed by atoms with van der Waals surface area (Å²) in [6, 6.07) is 11.0. The Hall–Kier alpha value is -2.18. The summed E-state index contributed by atoms with van der Waals surface area (Å²) >= 11 is 0. The number of benzene rings is 1. The molecule has 0 heterocycles. The highest BCUT2D eigenvalue weighted by Crippen LogP contribution is 2.73. The van der Waals surface area contributed by atoms with Gasteiger partial charge in [0.15, 0.2) is 0 Å². The van der Waals surface area contributed by atoms with Gasteiger partial charge in [-0.3, -0.25) is 0 Å². The number of ether oxygens (including phenoxy) is 1. The number of fused-ring (bicyclic) bond motifs is 2. The number of aliphatic carboxylic acids is 2. The lowest BCUT2D eigenvalue weighted by Crippen LogP contribution is -2.47. The molecular formula is C24H35NO5. The van der Waals surface area contributed by atoms with Gasteiger partial charge in [-0.2, -0.15) is 0 Å². The van der Waals surface area contributed by atoms with E-state index >= 15 is 0 Å².